The fourth-order valence-corrected chi connectivity index (χ4v) is 3.44. The van der Waals surface area contributed by atoms with E-state index in [0.717, 1.165) is 18.7 Å². The number of carbonyl (C=O) groups is 1. The highest BCUT2D eigenvalue weighted by Gasteiger charge is 2.30. The molecule has 2 N–H and O–H groups in total. The van der Waals surface area contributed by atoms with Crippen molar-refractivity contribution in [3.63, 3.8) is 0 Å². The molecule has 1 heterocycles. The summed E-state index contributed by atoms with van der Waals surface area (Å²) in [4.78, 5) is 15.4. The Bertz CT molecular complexity index is 410. The number of amides is 1. The number of hydrogen-bond acceptors (Lipinski definition) is 3. The predicted octanol–water partition coefficient (Wildman–Crippen LogP) is 2.36. The molecule has 1 aliphatic rings. The van der Waals surface area contributed by atoms with Crippen LogP contribution in [-0.4, -0.2) is 35.7 Å². The highest BCUT2D eigenvalue weighted by atomic mass is 32.2. The lowest BCUT2D eigenvalue weighted by Crippen LogP contribution is -2.34. The van der Waals surface area contributed by atoms with Crippen LogP contribution in [0, 0.1) is 5.92 Å². The van der Waals surface area contributed by atoms with Crippen molar-refractivity contribution in [1.82, 2.24) is 4.90 Å². The van der Waals surface area contributed by atoms with Crippen molar-refractivity contribution in [2.24, 2.45) is 11.7 Å². The van der Waals surface area contributed by atoms with E-state index in [9.17, 15) is 4.79 Å². The normalized spacial score (nSPS) is 22.7. The Labute approximate surface area is 119 Å². The fraction of sp³-hybridized carbons (Fsp3) is 0.533. The van der Waals surface area contributed by atoms with Crippen LogP contribution in [0.5, 0.6) is 0 Å². The van der Waals surface area contributed by atoms with Gasteiger partial charge in [-0.25, -0.2) is 0 Å². The zero-order chi connectivity index (χ0) is 13.7. The molecule has 1 saturated heterocycles. The number of benzene rings is 1. The Morgan fingerprint density at radius 1 is 1.42 bits per heavy atom. The molecule has 0 radical (unpaired) electrons. The van der Waals surface area contributed by atoms with Gasteiger partial charge in [-0.3, -0.25) is 4.79 Å². The van der Waals surface area contributed by atoms with Crippen molar-refractivity contribution in [2.75, 3.05) is 18.8 Å². The Morgan fingerprint density at radius 3 is 2.79 bits per heavy atom. The van der Waals surface area contributed by atoms with Crippen LogP contribution in [-0.2, 0) is 4.79 Å². The second-order valence-electron chi connectivity index (χ2n) is 5.14. The Hall–Kier alpha value is -1.00. The molecule has 2 atom stereocenters. The minimum absolute atomic E-state index is 0.270. The van der Waals surface area contributed by atoms with E-state index in [-0.39, 0.29) is 5.91 Å². The number of likely N-dealkylation sites (tertiary alicyclic amines) is 1. The summed E-state index contributed by atoms with van der Waals surface area (Å²) in [6.07, 6.45) is 1.66. The van der Waals surface area contributed by atoms with Gasteiger partial charge in [0.15, 0.2) is 0 Å². The van der Waals surface area contributed by atoms with Crippen LogP contribution in [0.15, 0.2) is 35.2 Å². The Balaban J connectivity index is 1.76. The molecule has 19 heavy (non-hydrogen) atoms. The summed E-state index contributed by atoms with van der Waals surface area (Å²) in [7, 11) is 0. The third-order valence-electron chi connectivity index (χ3n) is 3.64. The molecule has 104 valence electrons. The lowest BCUT2D eigenvalue weighted by atomic mass is 10.1. The van der Waals surface area contributed by atoms with Gasteiger partial charge in [-0.05, 0) is 37.9 Å². The molecule has 0 aliphatic carbocycles. The van der Waals surface area contributed by atoms with Gasteiger partial charge in [0.1, 0.15) is 0 Å². The van der Waals surface area contributed by atoms with E-state index in [1.165, 1.54) is 4.90 Å². The third-order valence-corrected chi connectivity index (χ3v) is 4.66. The first-order chi connectivity index (χ1) is 9.20. The van der Waals surface area contributed by atoms with Gasteiger partial charge in [-0.2, -0.15) is 0 Å². The van der Waals surface area contributed by atoms with Crippen LogP contribution in [0.2, 0.25) is 0 Å². The minimum Gasteiger partial charge on any atom is -0.340 e. The second kappa shape index (κ2) is 6.96. The van der Waals surface area contributed by atoms with Crippen LogP contribution in [0.4, 0.5) is 0 Å². The lowest BCUT2D eigenvalue weighted by molar-refractivity contribution is -0.131. The smallest absolute Gasteiger partial charge is 0.223 e. The highest BCUT2D eigenvalue weighted by Crippen LogP contribution is 2.24. The number of carbonyl (C=O) groups excluding carboxylic acids is 1. The second-order valence-corrected chi connectivity index (χ2v) is 6.31. The van der Waals surface area contributed by atoms with Gasteiger partial charge in [0.05, 0.1) is 0 Å². The summed E-state index contributed by atoms with van der Waals surface area (Å²) in [5, 5.41) is 0. The Kier molecular flexibility index (Phi) is 5.28. The molecule has 3 nitrogen and oxygen atoms in total. The van der Waals surface area contributed by atoms with Crippen molar-refractivity contribution in [3.8, 4) is 0 Å². The maximum atomic E-state index is 12.2. The monoisotopic (exact) mass is 278 g/mol. The van der Waals surface area contributed by atoms with Crippen molar-refractivity contribution in [3.05, 3.63) is 30.3 Å². The average Bonchev–Trinajstić information content (AvgIpc) is 2.81. The SMILES string of the molecule is CC1CC(CN)CN1C(=O)CCSc1ccccc1. The molecule has 1 amide bonds. The average molecular weight is 278 g/mol. The number of rotatable bonds is 5. The number of nitrogens with zero attached hydrogens (tertiary/aromatic N) is 1. The van der Waals surface area contributed by atoms with Gasteiger partial charge in [0, 0.05) is 29.7 Å². The molecule has 4 heteroatoms. The van der Waals surface area contributed by atoms with Gasteiger partial charge >= 0.3 is 0 Å². The molecule has 1 aromatic rings. The van der Waals surface area contributed by atoms with Gasteiger partial charge in [-0.15, -0.1) is 11.8 Å². The van der Waals surface area contributed by atoms with Crippen LogP contribution >= 0.6 is 11.8 Å². The fourth-order valence-electron chi connectivity index (χ4n) is 2.58. The summed E-state index contributed by atoms with van der Waals surface area (Å²) in [5.74, 6) is 1.60. The summed E-state index contributed by atoms with van der Waals surface area (Å²) >= 11 is 1.74. The van der Waals surface area contributed by atoms with E-state index in [0.29, 0.717) is 24.9 Å². The van der Waals surface area contributed by atoms with Gasteiger partial charge in [0.25, 0.3) is 0 Å². The summed E-state index contributed by atoms with van der Waals surface area (Å²) in [6, 6.07) is 10.6. The van der Waals surface area contributed by atoms with Crippen LogP contribution in [0.3, 0.4) is 0 Å². The number of hydrogen-bond donors (Lipinski definition) is 1. The quantitative estimate of drug-likeness (QED) is 0.841. The largest absolute Gasteiger partial charge is 0.340 e. The van der Waals surface area contributed by atoms with Crippen molar-refractivity contribution in [1.29, 1.82) is 0 Å². The first kappa shape index (κ1) is 14.4. The zero-order valence-electron chi connectivity index (χ0n) is 11.4. The standard InChI is InChI=1S/C15H22N2OS/c1-12-9-13(10-16)11-17(12)15(18)7-8-19-14-5-3-2-4-6-14/h2-6,12-13H,7-11,16H2,1H3. The highest BCUT2D eigenvalue weighted by molar-refractivity contribution is 7.99. The third kappa shape index (κ3) is 3.98. The minimum atomic E-state index is 0.270. The van der Waals surface area contributed by atoms with E-state index in [1.54, 1.807) is 11.8 Å². The first-order valence-electron chi connectivity index (χ1n) is 6.88. The maximum Gasteiger partial charge on any atom is 0.223 e. The molecule has 0 spiro atoms. The molecule has 1 aliphatic heterocycles. The van der Waals surface area contributed by atoms with E-state index in [2.05, 4.69) is 19.1 Å². The summed E-state index contributed by atoms with van der Waals surface area (Å²) in [6.45, 7) is 3.65. The maximum absolute atomic E-state index is 12.2. The molecule has 2 unspecified atom stereocenters. The molecule has 0 aromatic heterocycles. The topological polar surface area (TPSA) is 46.3 Å². The molecule has 2 rings (SSSR count). The molecular formula is C15H22N2OS. The molecule has 1 aromatic carbocycles. The van der Waals surface area contributed by atoms with E-state index >= 15 is 0 Å². The Morgan fingerprint density at radius 2 is 2.16 bits per heavy atom. The van der Waals surface area contributed by atoms with Gasteiger partial charge in [0.2, 0.25) is 5.91 Å². The molecule has 1 fully saturated rings. The van der Waals surface area contributed by atoms with Crippen molar-refractivity contribution < 1.29 is 4.79 Å². The number of nitrogens with two attached hydrogens (primary N) is 1. The van der Waals surface area contributed by atoms with E-state index in [1.807, 2.05) is 23.1 Å². The zero-order valence-corrected chi connectivity index (χ0v) is 12.2. The van der Waals surface area contributed by atoms with Crippen LogP contribution < -0.4 is 5.73 Å². The van der Waals surface area contributed by atoms with Crippen LogP contribution in [0.25, 0.3) is 0 Å². The van der Waals surface area contributed by atoms with Crippen molar-refractivity contribution in [2.45, 2.75) is 30.7 Å². The van der Waals surface area contributed by atoms with E-state index in [4.69, 9.17) is 5.73 Å². The lowest BCUT2D eigenvalue weighted by Gasteiger charge is -2.21. The number of thioether (sulfide) groups is 1. The summed E-state index contributed by atoms with van der Waals surface area (Å²) in [5.41, 5.74) is 5.69. The predicted molar refractivity (Wildman–Crippen MR) is 80.1 cm³/mol. The van der Waals surface area contributed by atoms with Crippen molar-refractivity contribution >= 4 is 17.7 Å². The van der Waals surface area contributed by atoms with Crippen LogP contribution in [0.1, 0.15) is 19.8 Å². The first-order valence-corrected chi connectivity index (χ1v) is 7.86. The van der Waals surface area contributed by atoms with Gasteiger partial charge in [-0.1, -0.05) is 18.2 Å². The van der Waals surface area contributed by atoms with Gasteiger partial charge < -0.3 is 10.6 Å². The molecule has 0 saturated carbocycles. The molecule has 0 bridgehead atoms. The molecular weight excluding hydrogens is 256 g/mol. The summed E-state index contributed by atoms with van der Waals surface area (Å²) < 4.78 is 0. The van der Waals surface area contributed by atoms with E-state index < -0.39 is 0 Å².